The normalized spacial score (nSPS) is 9.56. The van der Waals surface area contributed by atoms with Crippen molar-refractivity contribution < 1.29 is 4.79 Å². The molecule has 0 aliphatic carbocycles. The van der Waals surface area contributed by atoms with Gasteiger partial charge in [0.15, 0.2) is 5.01 Å². The van der Waals surface area contributed by atoms with Gasteiger partial charge in [-0.25, -0.2) is 4.98 Å². The molecule has 0 radical (unpaired) electrons. The summed E-state index contributed by atoms with van der Waals surface area (Å²) in [6.45, 7) is 1.71. The summed E-state index contributed by atoms with van der Waals surface area (Å²) in [7, 11) is 0. The minimum absolute atomic E-state index is 0.258. The molecule has 1 rings (SSSR count). The molecule has 0 spiro atoms. The fourth-order valence-electron chi connectivity index (χ4n) is 0.377. The maximum absolute atomic E-state index is 10.3. The molecular weight excluding hydrogens is 160 g/mol. The summed E-state index contributed by atoms with van der Waals surface area (Å²) < 4.78 is 3.76. The Labute approximate surface area is 60.8 Å². The van der Waals surface area contributed by atoms with E-state index < -0.39 is 5.24 Å². The van der Waals surface area contributed by atoms with Crippen LogP contribution >= 0.6 is 23.1 Å². The van der Waals surface area contributed by atoms with Gasteiger partial charge in [-0.15, -0.1) is 0 Å². The number of aromatic nitrogens is 2. The monoisotopic (exact) mass is 162 g/mol. The van der Waals surface area contributed by atoms with Gasteiger partial charge in [0.05, 0.1) is 0 Å². The SMILES string of the molecule is Cc1nsc(C(=O)Cl)n1. The molecule has 0 saturated heterocycles. The van der Waals surface area contributed by atoms with Gasteiger partial charge in [-0.2, -0.15) is 4.37 Å². The zero-order chi connectivity index (χ0) is 6.85. The van der Waals surface area contributed by atoms with Gasteiger partial charge >= 0.3 is 0 Å². The Morgan fingerprint density at radius 3 is 2.67 bits per heavy atom. The quantitative estimate of drug-likeness (QED) is 0.584. The topological polar surface area (TPSA) is 42.9 Å². The van der Waals surface area contributed by atoms with E-state index >= 15 is 0 Å². The molecule has 1 heterocycles. The van der Waals surface area contributed by atoms with Crippen LogP contribution in [0.4, 0.5) is 0 Å². The van der Waals surface area contributed by atoms with Gasteiger partial charge in [0.25, 0.3) is 5.24 Å². The lowest BCUT2D eigenvalue weighted by atomic mass is 10.7. The highest BCUT2D eigenvalue weighted by Crippen LogP contribution is 2.05. The van der Waals surface area contributed by atoms with E-state index in [1.165, 1.54) is 0 Å². The molecule has 0 aliphatic heterocycles. The first-order valence-electron chi connectivity index (χ1n) is 2.20. The van der Waals surface area contributed by atoms with Crippen LogP contribution in [0.25, 0.3) is 0 Å². The Hall–Kier alpha value is -0.480. The first-order chi connectivity index (χ1) is 4.20. The maximum atomic E-state index is 10.3. The minimum atomic E-state index is -0.541. The Morgan fingerprint density at radius 1 is 1.78 bits per heavy atom. The Kier molecular flexibility index (Phi) is 1.78. The lowest BCUT2D eigenvalue weighted by Gasteiger charge is -1.75. The van der Waals surface area contributed by atoms with Crippen molar-refractivity contribution in [2.75, 3.05) is 0 Å². The fourth-order valence-corrected chi connectivity index (χ4v) is 1.03. The van der Waals surface area contributed by atoms with Gasteiger partial charge in [-0.3, -0.25) is 4.79 Å². The zero-order valence-electron chi connectivity index (χ0n) is 4.59. The second-order valence-corrected chi connectivity index (χ2v) is 2.52. The first-order valence-corrected chi connectivity index (χ1v) is 3.35. The fraction of sp³-hybridized carbons (Fsp3) is 0.250. The summed E-state index contributed by atoms with van der Waals surface area (Å²) in [5, 5.41) is -0.283. The summed E-state index contributed by atoms with van der Waals surface area (Å²) in [5.74, 6) is 0.587. The molecule has 1 aromatic rings. The van der Waals surface area contributed by atoms with Crippen LogP contribution in [0.5, 0.6) is 0 Å². The van der Waals surface area contributed by atoms with E-state index in [-0.39, 0.29) is 5.01 Å². The molecule has 0 aliphatic rings. The van der Waals surface area contributed by atoms with Crippen molar-refractivity contribution in [3.63, 3.8) is 0 Å². The molecule has 3 nitrogen and oxygen atoms in total. The van der Waals surface area contributed by atoms with Crippen LogP contribution in [0.2, 0.25) is 0 Å². The molecule has 0 N–H and O–H groups in total. The van der Waals surface area contributed by atoms with Crippen LogP contribution in [0.3, 0.4) is 0 Å². The van der Waals surface area contributed by atoms with Crippen molar-refractivity contribution in [1.29, 1.82) is 0 Å². The molecule has 0 aromatic carbocycles. The Bertz CT molecular complexity index is 234. The smallest absolute Gasteiger partial charge is 0.273 e. The van der Waals surface area contributed by atoms with E-state index in [1.54, 1.807) is 6.92 Å². The molecule has 0 amide bonds. The van der Waals surface area contributed by atoms with E-state index in [4.69, 9.17) is 11.6 Å². The molecule has 5 heteroatoms. The molecule has 1 aromatic heterocycles. The van der Waals surface area contributed by atoms with Gasteiger partial charge in [0.2, 0.25) is 0 Å². The van der Waals surface area contributed by atoms with Crippen molar-refractivity contribution in [3.8, 4) is 0 Å². The third-order valence-electron chi connectivity index (χ3n) is 0.696. The van der Waals surface area contributed by atoms with Gasteiger partial charge in [-0.1, -0.05) is 0 Å². The first kappa shape index (κ1) is 6.64. The average Bonchev–Trinajstić information content (AvgIpc) is 2.14. The molecule has 0 unspecified atom stereocenters. The number of rotatable bonds is 1. The van der Waals surface area contributed by atoms with Crippen molar-refractivity contribution in [1.82, 2.24) is 9.36 Å². The molecular formula is C4H3ClN2OS. The molecule has 9 heavy (non-hydrogen) atoms. The molecule has 0 saturated carbocycles. The highest BCUT2D eigenvalue weighted by molar-refractivity contribution is 7.09. The van der Waals surface area contributed by atoms with E-state index in [0.29, 0.717) is 5.82 Å². The Morgan fingerprint density at radius 2 is 2.44 bits per heavy atom. The van der Waals surface area contributed by atoms with Crippen LogP contribution in [0.15, 0.2) is 0 Å². The molecule has 0 fully saturated rings. The largest absolute Gasteiger partial charge is 0.282 e. The van der Waals surface area contributed by atoms with Crippen molar-refractivity contribution in [3.05, 3.63) is 10.8 Å². The number of nitrogens with zero attached hydrogens (tertiary/aromatic N) is 2. The highest BCUT2D eigenvalue weighted by atomic mass is 35.5. The van der Waals surface area contributed by atoms with Gasteiger partial charge < -0.3 is 0 Å². The van der Waals surface area contributed by atoms with E-state index in [0.717, 1.165) is 11.5 Å². The summed E-state index contributed by atoms with van der Waals surface area (Å²) in [4.78, 5) is 14.1. The zero-order valence-corrected chi connectivity index (χ0v) is 6.16. The molecule has 0 atom stereocenters. The van der Waals surface area contributed by atoms with Gasteiger partial charge in [0.1, 0.15) is 5.82 Å². The summed E-state index contributed by atoms with van der Waals surface area (Å²) in [5.41, 5.74) is 0. The number of halogens is 1. The molecule has 0 bridgehead atoms. The number of hydrogen-bond acceptors (Lipinski definition) is 4. The molecule has 48 valence electrons. The van der Waals surface area contributed by atoms with E-state index in [9.17, 15) is 4.79 Å². The summed E-state index contributed by atoms with van der Waals surface area (Å²) in [6, 6.07) is 0. The second kappa shape index (κ2) is 2.41. The predicted molar refractivity (Wildman–Crippen MR) is 34.8 cm³/mol. The standard InChI is InChI=1S/C4H3ClN2OS/c1-2-6-4(3(5)8)9-7-2/h1H3. The second-order valence-electron chi connectivity index (χ2n) is 1.42. The van der Waals surface area contributed by atoms with E-state index in [2.05, 4.69) is 9.36 Å². The van der Waals surface area contributed by atoms with Crippen LogP contribution in [-0.4, -0.2) is 14.6 Å². The van der Waals surface area contributed by atoms with Gasteiger partial charge in [-0.05, 0) is 30.1 Å². The Balaban J connectivity index is 2.98. The van der Waals surface area contributed by atoms with Crippen molar-refractivity contribution in [2.24, 2.45) is 0 Å². The number of carbonyl (C=O) groups excluding carboxylic acids is 1. The third kappa shape index (κ3) is 1.46. The maximum Gasteiger partial charge on any atom is 0.282 e. The predicted octanol–water partition coefficient (Wildman–Crippen LogP) is 1.23. The highest BCUT2D eigenvalue weighted by Gasteiger charge is 2.05. The van der Waals surface area contributed by atoms with Gasteiger partial charge in [0, 0.05) is 0 Å². The lowest BCUT2D eigenvalue weighted by molar-refractivity contribution is 0.108. The lowest BCUT2D eigenvalue weighted by Crippen LogP contribution is -1.85. The average molecular weight is 163 g/mol. The number of carbonyl (C=O) groups is 1. The summed E-state index contributed by atoms with van der Waals surface area (Å²) in [6.07, 6.45) is 0. The van der Waals surface area contributed by atoms with Crippen LogP contribution in [0.1, 0.15) is 15.6 Å². The van der Waals surface area contributed by atoms with Crippen LogP contribution < -0.4 is 0 Å². The van der Waals surface area contributed by atoms with Crippen molar-refractivity contribution in [2.45, 2.75) is 6.92 Å². The van der Waals surface area contributed by atoms with Crippen LogP contribution in [-0.2, 0) is 0 Å². The number of aryl methyl sites for hydroxylation is 1. The van der Waals surface area contributed by atoms with E-state index in [1.807, 2.05) is 0 Å². The number of hydrogen-bond donors (Lipinski definition) is 0. The minimum Gasteiger partial charge on any atom is -0.273 e. The van der Waals surface area contributed by atoms with Crippen LogP contribution in [0, 0.1) is 6.92 Å². The van der Waals surface area contributed by atoms with Crippen molar-refractivity contribution >= 4 is 28.4 Å². The summed E-state index contributed by atoms with van der Waals surface area (Å²) >= 11 is 6.10. The third-order valence-corrected chi connectivity index (χ3v) is 1.79.